The van der Waals surface area contributed by atoms with E-state index in [1.807, 2.05) is 13.0 Å². The maximum atomic E-state index is 9.43. The molecule has 3 nitrogen and oxygen atoms in total. The highest BCUT2D eigenvalue weighted by Crippen LogP contribution is 2.15. The van der Waals surface area contributed by atoms with Crippen LogP contribution in [0, 0.1) is 0 Å². The Labute approximate surface area is 117 Å². The van der Waals surface area contributed by atoms with Crippen molar-refractivity contribution in [3.8, 4) is 0 Å². The van der Waals surface area contributed by atoms with Crippen LogP contribution in [-0.4, -0.2) is 29.3 Å². The third-order valence-electron chi connectivity index (χ3n) is 3.55. The van der Waals surface area contributed by atoms with Gasteiger partial charge in [0.05, 0.1) is 6.10 Å². The van der Waals surface area contributed by atoms with Gasteiger partial charge in [0, 0.05) is 18.1 Å². The number of benzene rings is 1. The zero-order valence-corrected chi connectivity index (χ0v) is 12.4. The van der Waals surface area contributed by atoms with Gasteiger partial charge >= 0.3 is 0 Å². The number of aliphatic hydroxyl groups is 1. The molecule has 3 heteroatoms. The zero-order chi connectivity index (χ0) is 14.3. The Morgan fingerprint density at radius 2 is 1.89 bits per heavy atom. The van der Waals surface area contributed by atoms with Gasteiger partial charge in [0.15, 0.2) is 0 Å². The van der Waals surface area contributed by atoms with E-state index in [1.54, 1.807) is 0 Å². The maximum Gasteiger partial charge on any atom is 0.0526 e. The minimum Gasteiger partial charge on any atom is -0.393 e. The summed E-state index contributed by atoms with van der Waals surface area (Å²) in [5.74, 6) is 0. The van der Waals surface area contributed by atoms with E-state index in [9.17, 15) is 5.11 Å². The average Bonchev–Trinajstić information content (AvgIpc) is 2.36. The highest BCUT2D eigenvalue weighted by molar-refractivity contribution is 5.15. The second-order valence-corrected chi connectivity index (χ2v) is 5.88. The SMILES string of the molecule is CC(O)CC(C)NC(C)(CN)CCc1ccccc1. The molecule has 19 heavy (non-hydrogen) atoms. The van der Waals surface area contributed by atoms with Crippen LogP contribution < -0.4 is 11.1 Å². The quantitative estimate of drug-likeness (QED) is 0.674. The molecule has 0 aliphatic rings. The van der Waals surface area contributed by atoms with Crippen molar-refractivity contribution < 1.29 is 5.11 Å². The van der Waals surface area contributed by atoms with E-state index in [2.05, 4.69) is 43.4 Å². The summed E-state index contributed by atoms with van der Waals surface area (Å²) in [6.07, 6.45) is 2.49. The van der Waals surface area contributed by atoms with Crippen LogP contribution in [0.1, 0.15) is 39.2 Å². The molecule has 0 saturated heterocycles. The molecule has 0 saturated carbocycles. The summed E-state index contributed by atoms with van der Waals surface area (Å²) in [5.41, 5.74) is 7.19. The average molecular weight is 264 g/mol. The smallest absolute Gasteiger partial charge is 0.0526 e. The largest absolute Gasteiger partial charge is 0.393 e. The molecule has 1 rings (SSSR count). The Kier molecular flexibility index (Phi) is 6.49. The Bertz CT molecular complexity index is 353. The van der Waals surface area contributed by atoms with Crippen LogP contribution in [0.4, 0.5) is 0 Å². The van der Waals surface area contributed by atoms with Crippen molar-refractivity contribution >= 4 is 0 Å². The second kappa shape index (κ2) is 7.63. The third kappa shape index (κ3) is 6.19. The first-order valence-corrected chi connectivity index (χ1v) is 7.15. The van der Waals surface area contributed by atoms with Gasteiger partial charge in [0.25, 0.3) is 0 Å². The molecule has 1 aromatic carbocycles. The summed E-state index contributed by atoms with van der Waals surface area (Å²) in [4.78, 5) is 0. The van der Waals surface area contributed by atoms with Crippen LogP contribution >= 0.6 is 0 Å². The molecule has 4 N–H and O–H groups in total. The second-order valence-electron chi connectivity index (χ2n) is 5.88. The molecule has 1 aromatic rings. The Hall–Kier alpha value is -0.900. The molecule has 0 amide bonds. The summed E-state index contributed by atoms with van der Waals surface area (Å²) in [6, 6.07) is 10.7. The monoisotopic (exact) mass is 264 g/mol. The van der Waals surface area contributed by atoms with Gasteiger partial charge in [-0.1, -0.05) is 30.3 Å². The number of hydrogen-bond acceptors (Lipinski definition) is 3. The number of hydrogen-bond donors (Lipinski definition) is 3. The lowest BCUT2D eigenvalue weighted by atomic mass is 9.92. The maximum absolute atomic E-state index is 9.43. The van der Waals surface area contributed by atoms with E-state index >= 15 is 0 Å². The number of aryl methyl sites for hydroxylation is 1. The number of rotatable bonds is 8. The molecule has 0 heterocycles. The van der Waals surface area contributed by atoms with Crippen LogP contribution in [0.5, 0.6) is 0 Å². The van der Waals surface area contributed by atoms with Gasteiger partial charge < -0.3 is 16.2 Å². The Morgan fingerprint density at radius 1 is 1.26 bits per heavy atom. The Morgan fingerprint density at radius 3 is 2.42 bits per heavy atom. The van der Waals surface area contributed by atoms with Gasteiger partial charge in [-0.2, -0.15) is 0 Å². The molecule has 108 valence electrons. The van der Waals surface area contributed by atoms with Gasteiger partial charge in [-0.3, -0.25) is 0 Å². The van der Waals surface area contributed by atoms with Gasteiger partial charge in [0.1, 0.15) is 0 Å². The highest BCUT2D eigenvalue weighted by Gasteiger charge is 2.24. The van der Waals surface area contributed by atoms with Crippen molar-refractivity contribution in [2.45, 2.75) is 57.7 Å². The van der Waals surface area contributed by atoms with Crippen molar-refractivity contribution in [2.24, 2.45) is 5.73 Å². The standard InChI is InChI=1S/C16H28N2O/c1-13(11-14(2)19)18-16(3,12-17)10-9-15-7-5-4-6-8-15/h4-8,13-14,18-19H,9-12,17H2,1-3H3. The highest BCUT2D eigenvalue weighted by atomic mass is 16.3. The minimum atomic E-state index is -0.279. The third-order valence-corrected chi connectivity index (χ3v) is 3.55. The van der Waals surface area contributed by atoms with Gasteiger partial charge in [0.2, 0.25) is 0 Å². The first-order chi connectivity index (χ1) is 8.95. The van der Waals surface area contributed by atoms with Crippen molar-refractivity contribution in [3.63, 3.8) is 0 Å². The van der Waals surface area contributed by atoms with E-state index in [0.717, 1.165) is 19.3 Å². The van der Waals surface area contributed by atoms with Gasteiger partial charge in [-0.25, -0.2) is 0 Å². The molecule has 0 aromatic heterocycles. The molecule has 0 aliphatic heterocycles. The summed E-state index contributed by atoms with van der Waals surface area (Å²) in [5, 5.41) is 13.0. The van der Waals surface area contributed by atoms with Crippen molar-refractivity contribution in [1.29, 1.82) is 0 Å². The van der Waals surface area contributed by atoms with Crippen LogP contribution in [0.3, 0.4) is 0 Å². The lowest BCUT2D eigenvalue weighted by Gasteiger charge is -2.33. The zero-order valence-electron chi connectivity index (χ0n) is 12.4. The number of aliphatic hydroxyl groups excluding tert-OH is 1. The fourth-order valence-electron chi connectivity index (χ4n) is 2.46. The molecule has 0 radical (unpaired) electrons. The Balaban J connectivity index is 2.50. The molecule has 0 spiro atoms. The van der Waals surface area contributed by atoms with Gasteiger partial charge in [-0.05, 0) is 45.6 Å². The molecule has 0 fully saturated rings. The summed E-state index contributed by atoms with van der Waals surface area (Å²) in [7, 11) is 0. The predicted octanol–water partition coefficient (Wildman–Crippen LogP) is 2.09. The summed E-state index contributed by atoms with van der Waals surface area (Å²) >= 11 is 0. The first-order valence-electron chi connectivity index (χ1n) is 7.15. The normalized spacial score (nSPS) is 17.7. The summed E-state index contributed by atoms with van der Waals surface area (Å²) in [6.45, 7) is 6.68. The minimum absolute atomic E-state index is 0.0792. The molecule has 3 unspecified atom stereocenters. The van der Waals surface area contributed by atoms with Crippen LogP contribution in [0.25, 0.3) is 0 Å². The number of nitrogens with two attached hydrogens (primary N) is 1. The van der Waals surface area contributed by atoms with E-state index in [1.165, 1.54) is 5.56 Å². The summed E-state index contributed by atoms with van der Waals surface area (Å²) < 4.78 is 0. The van der Waals surface area contributed by atoms with E-state index in [0.29, 0.717) is 6.54 Å². The molecule has 3 atom stereocenters. The lowest BCUT2D eigenvalue weighted by molar-refractivity contribution is 0.159. The fraction of sp³-hybridized carbons (Fsp3) is 0.625. The van der Waals surface area contributed by atoms with Crippen LogP contribution in [0.2, 0.25) is 0 Å². The molecule has 0 aliphatic carbocycles. The van der Waals surface area contributed by atoms with E-state index in [4.69, 9.17) is 5.73 Å². The predicted molar refractivity (Wildman–Crippen MR) is 81.1 cm³/mol. The van der Waals surface area contributed by atoms with Crippen molar-refractivity contribution in [3.05, 3.63) is 35.9 Å². The first kappa shape index (κ1) is 16.2. The topological polar surface area (TPSA) is 58.3 Å². The van der Waals surface area contributed by atoms with E-state index in [-0.39, 0.29) is 17.7 Å². The number of nitrogens with one attached hydrogen (secondary N) is 1. The lowest BCUT2D eigenvalue weighted by Crippen LogP contribution is -2.53. The van der Waals surface area contributed by atoms with Gasteiger partial charge in [-0.15, -0.1) is 0 Å². The molecular weight excluding hydrogens is 236 g/mol. The van der Waals surface area contributed by atoms with Crippen LogP contribution in [0.15, 0.2) is 30.3 Å². The molecule has 0 bridgehead atoms. The van der Waals surface area contributed by atoms with Crippen LogP contribution in [-0.2, 0) is 6.42 Å². The van der Waals surface area contributed by atoms with E-state index < -0.39 is 0 Å². The van der Waals surface area contributed by atoms with Crippen molar-refractivity contribution in [2.75, 3.05) is 6.54 Å². The molecular formula is C16H28N2O. The fourth-order valence-corrected chi connectivity index (χ4v) is 2.46. The van der Waals surface area contributed by atoms with Crippen molar-refractivity contribution in [1.82, 2.24) is 5.32 Å².